The summed E-state index contributed by atoms with van der Waals surface area (Å²) in [5.74, 6) is -0.448. The summed E-state index contributed by atoms with van der Waals surface area (Å²) in [6.45, 7) is 17.6. The van der Waals surface area contributed by atoms with Gasteiger partial charge < -0.3 is 23.7 Å². The van der Waals surface area contributed by atoms with Crippen LogP contribution in [0.1, 0.15) is 43.6 Å². The van der Waals surface area contributed by atoms with Crippen molar-refractivity contribution in [1.82, 2.24) is 4.90 Å². The molecular formula is C36H51NO7Si2. The Bertz CT molecular complexity index is 1420. The number of hydrogen-bond acceptors (Lipinski definition) is 7. The van der Waals surface area contributed by atoms with E-state index in [1.807, 2.05) is 60.7 Å². The van der Waals surface area contributed by atoms with Gasteiger partial charge in [0.15, 0.2) is 25.9 Å². The number of esters is 1. The van der Waals surface area contributed by atoms with Crippen LogP contribution in [0.15, 0.2) is 78.9 Å². The molecule has 3 aromatic carbocycles. The molecule has 46 heavy (non-hydrogen) atoms. The van der Waals surface area contributed by atoms with E-state index in [2.05, 4.69) is 53.5 Å². The van der Waals surface area contributed by atoms with Crippen LogP contribution in [0.3, 0.4) is 0 Å². The Labute approximate surface area is 276 Å². The van der Waals surface area contributed by atoms with E-state index in [-0.39, 0.29) is 30.6 Å². The van der Waals surface area contributed by atoms with Crippen LogP contribution in [-0.4, -0.2) is 58.2 Å². The van der Waals surface area contributed by atoms with E-state index in [9.17, 15) is 14.7 Å². The van der Waals surface area contributed by atoms with Crippen molar-refractivity contribution in [2.75, 3.05) is 13.7 Å². The molecule has 10 heteroatoms. The normalized spacial score (nSPS) is 13.4. The van der Waals surface area contributed by atoms with Gasteiger partial charge in [-0.05, 0) is 53.0 Å². The number of rotatable bonds is 14. The Kier molecular flexibility index (Phi) is 12.7. The maximum atomic E-state index is 14.0. The molecule has 0 radical (unpaired) electrons. The molecule has 1 N–H and O–H groups in total. The topological polar surface area (TPSA) is 94.5 Å². The van der Waals surface area contributed by atoms with Crippen LogP contribution < -0.4 is 4.74 Å². The number of phenolic OH excluding ortho intramolecular Hbond substituents is 1. The second-order valence-corrected chi connectivity index (χ2v) is 24.8. The Morgan fingerprint density at radius 2 is 1.39 bits per heavy atom. The lowest BCUT2D eigenvalue weighted by Gasteiger charge is -2.42. The van der Waals surface area contributed by atoms with Crippen LogP contribution in [0.4, 0.5) is 4.79 Å². The fraction of sp³-hybridized carbons (Fsp3) is 0.444. The summed E-state index contributed by atoms with van der Waals surface area (Å²) in [6.07, 6.45) is -1.61. The Hall–Kier alpha value is -3.61. The first kappa shape index (κ1) is 36.9. The Morgan fingerprint density at radius 3 is 1.91 bits per heavy atom. The van der Waals surface area contributed by atoms with Gasteiger partial charge in [-0.1, -0.05) is 107 Å². The van der Waals surface area contributed by atoms with E-state index in [4.69, 9.17) is 18.6 Å². The molecule has 1 amide bonds. The van der Waals surface area contributed by atoms with Gasteiger partial charge in [0.25, 0.3) is 0 Å². The Balaban J connectivity index is 2.01. The van der Waals surface area contributed by atoms with E-state index >= 15 is 0 Å². The first-order valence-electron chi connectivity index (χ1n) is 15.8. The molecule has 0 bridgehead atoms. The number of aromatic hydroxyl groups is 1. The predicted molar refractivity (Wildman–Crippen MR) is 187 cm³/mol. The molecule has 0 aliphatic heterocycles. The van der Waals surface area contributed by atoms with Crippen LogP contribution in [0.25, 0.3) is 0 Å². The highest BCUT2D eigenvalue weighted by Crippen LogP contribution is 2.43. The minimum absolute atomic E-state index is 0.0268. The summed E-state index contributed by atoms with van der Waals surface area (Å²) in [5, 5.41) is 10.9. The maximum absolute atomic E-state index is 14.0. The summed E-state index contributed by atoms with van der Waals surface area (Å²) in [7, 11) is -2.50. The summed E-state index contributed by atoms with van der Waals surface area (Å²) in [6, 6.07) is 23.6. The SMILES string of the molecule is CN(C(=O)OCC[Si](C)(C)C)[C@H](C(=O)OCc1ccccc1)[C@@H](O[Si](C)(C)C(C)(C)C)c1ccc(OCc2ccccc2)c(O)c1. The van der Waals surface area contributed by atoms with Crippen molar-refractivity contribution < 1.29 is 33.3 Å². The minimum atomic E-state index is -2.56. The van der Waals surface area contributed by atoms with E-state index in [1.165, 1.54) is 11.9 Å². The molecule has 0 aliphatic rings. The monoisotopic (exact) mass is 665 g/mol. The first-order chi connectivity index (χ1) is 21.5. The number of amides is 1. The molecular weight excluding hydrogens is 615 g/mol. The molecule has 8 nitrogen and oxygen atoms in total. The van der Waals surface area contributed by atoms with Gasteiger partial charge >= 0.3 is 12.1 Å². The number of benzene rings is 3. The molecule has 250 valence electrons. The van der Waals surface area contributed by atoms with Crippen molar-refractivity contribution >= 4 is 28.5 Å². The number of carbonyl (C=O) groups is 2. The van der Waals surface area contributed by atoms with Crippen LogP contribution in [0.2, 0.25) is 43.8 Å². The largest absolute Gasteiger partial charge is 0.504 e. The zero-order valence-corrected chi connectivity index (χ0v) is 30.8. The van der Waals surface area contributed by atoms with Crippen LogP contribution >= 0.6 is 0 Å². The van der Waals surface area contributed by atoms with Gasteiger partial charge in [-0.2, -0.15) is 0 Å². The molecule has 0 aromatic heterocycles. The van der Waals surface area contributed by atoms with Crippen molar-refractivity contribution in [3.05, 3.63) is 95.6 Å². The number of nitrogens with zero attached hydrogens (tertiary/aromatic N) is 1. The number of phenols is 1. The predicted octanol–water partition coefficient (Wildman–Crippen LogP) is 8.55. The van der Waals surface area contributed by atoms with Crippen LogP contribution in [0.5, 0.6) is 11.5 Å². The number of hydrogen-bond donors (Lipinski definition) is 1. The van der Waals surface area contributed by atoms with Gasteiger partial charge in [0, 0.05) is 15.1 Å². The van der Waals surface area contributed by atoms with Gasteiger partial charge in [-0.15, -0.1) is 0 Å². The molecule has 0 heterocycles. The highest BCUT2D eigenvalue weighted by atomic mass is 28.4. The first-order valence-corrected chi connectivity index (χ1v) is 22.4. The highest BCUT2D eigenvalue weighted by molar-refractivity contribution is 6.76. The lowest BCUT2D eigenvalue weighted by molar-refractivity contribution is -0.154. The zero-order chi connectivity index (χ0) is 34.1. The van der Waals surface area contributed by atoms with Crippen molar-refractivity contribution in [3.63, 3.8) is 0 Å². The van der Waals surface area contributed by atoms with Gasteiger partial charge in [0.05, 0.1) is 6.61 Å². The molecule has 0 fully saturated rings. The third-order valence-corrected chi connectivity index (χ3v) is 14.5. The van der Waals surface area contributed by atoms with Gasteiger partial charge in [0.1, 0.15) is 19.3 Å². The van der Waals surface area contributed by atoms with Gasteiger partial charge in [0.2, 0.25) is 0 Å². The van der Waals surface area contributed by atoms with E-state index in [1.54, 1.807) is 18.2 Å². The maximum Gasteiger partial charge on any atom is 0.410 e. The fourth-order valence-electron chi connectivity index (χ4n) is 4.34. The standard InChI is InChI=1S/C36H51NO7Si2/c1-36(2,3)46(8,9)44-33(29-20-21-31(30(38)24-29)42-25-27-16-12-10-13-17-27)32(34(39)43-26-28-18-14-11-15-19-28)37(4)35(40)41-22-23-45(5,6)7/h10-21,24,32-33,38H,22-23,25-26H2,1-9H3/t32-,33-/m0/s1. The van der Waals surface area contributed by atoms with Crippen molar-refractivity contribution in [2.24, 2.45) is 0 Å². The molecule has 3 rings (SSSR count). The van der Waals surface area contributed by atoms with Crippen molar-refractivity contribution in [1.29, 1.82) is 0 Å². The Morgan fingerprint density at radius 1 is 0.826 bits per heavy atom. The molecule has 2 atom stereocenters. The summed E-state index contributed by atoms with van der Waals surface area (Å²) in [5.41, 5.74) is 2.28. The molecule has 0 unspecified atom stereocenters. The van der Waals surface area contributed by atoms with E-state index in [0.717, 1.165) is 17.2 Å². The average Bonchev–Trinajstić information content (AvgIpc) is 2.98. The molecule has 0 saturated carbocycles. The second-order valence-electron chi connectivity index (χ2n) is 14.4. The summed E-state index contributed by atoms with van der Waals surface area (Å²) >= 11 is 0. The zero-order valence-electron chi connectivity index (χ0n) is 28.8. The van der Waals surface area contributed by atoms with Gasteiger partial charge in [-0.3, -0.25) is 4.90 Å². The lowest BCUT2D eigenvalue weighted by atomic mass is 10.0. The quantitative estimate of drug-likeness (QED) is 0.136. The molecule has 0 spiro atoms. The number of carbonyl (C=O) groups excluding carboxylic acids is 2. The second kappa shape index (κ2) is 15.8. The third-order valence-electron chi connectivity index (χ3n) is 8.31. The molecule has 3 aromatic rings. The van der Waals surface area contributed by atoms with E-state index in [0.29, 0.717) is 11.3 Å². The van der Waals surface area contributed by atoms with Crippen LogP contribution in [0, 0.1) is 0 Å². The smallest absolute Gasteiger partial charge is 0.410 e. The highest BCUT2D eigenvalue weighted by Gasteiger charge is 2.46. The third kappa shape index (κ3) is 10.7. The molecule has 0 saturated heterocycles. The fourth-order valence-corrected chi connectivity index (χ4v) is 6.30. The van der Waals surface area contributed by atoms with Crippen molar-refractivity contribution in [3.8, 4) is 11.5 Å². The van der Waals surface area contributed by atoms with Gasteiger partial charge in [-0.25, -0.2) is 9.59 Å². The number of likely N-dealkylation sites (N-methyl/N-ethyl adjacent to an activating group) is 1. The van der Waals surface area contributed by atoms with Crippen molar-refractivity contribution in [2.45, 2.75) is 89.9 Å². The molecule has 0 aliphatic carbocycles. The average molecular weight is 666 g/mol. The summed E-state index contributed by atoms with van der Waals surface area (Å²) in [4.78, 5) is 28.8. The lowest BCUT2D eigenvalue weighted by Crippen LogP contribution is -2.52. The number of ether oxygens (including phenoxy) is 3. The summed E-state index contributed by atoms with van der Waals surface area (Å²) < 4.78 is 24.3. The van der Waals surface area contributed by atoms with Crippen LogP contribution in [-0.2, 0) is 31.9 Å². The minimum Gasteiger partial charge on any atom is -0.504 e. The van der Waals surface area contributed by atoms with E-state index < -0.39 is 40.6 Å².